The molecule has 2 aliphatic rings. The third-order valence-electron chi connectivity index (χ3n) is 10.3. The summed E-state index contributed by atoms with van der Waals surface area (Å²) in [6.45, 7) is 7.96. The number of aromatic nitrogens is 3. The number of methoxy groups -OCH3 is 1. The largest absolute Gasteiger partial charge is 0.496 e. The Bertz CT molecular complexity index is 2140. The fourth-order valence-corrected chi connectivity index (χ4v) is 8.22. The zero-order chi connectivity index (χ0) is 36.4. The van der Waals surface area contributed by atoms with Gasteiger partial charge < -0.3 is 24.4 Å². The number of rotatable bonds is 10. The first-order chi connectivity index (χ1) is 25.3. The van der Waals surface area contributed by atoms with E-state index in [1.165, 1.54) is 25.3 Å². The molecule has 1 N–H and O–H groups in total. The number of halogens is 1. The molecule has 0 saturated carbocycles. The first kappa shape index (κ1) is 35.3. The lowest BCUT2D eigenvalue weighted by Gasteiger charge is -2.40. The molecule has 5 heterocycles. The number of carbonyl (C=O) groups excluding carboxylic acids is 2. The lowest BCUT2D eigenvalue weighted by Crippen LogP contribution is -2.49. The highest BCUT2D eigenvalue weighted by atomic mass is 32.1. The maximum Gasteiger partial charge on any atom is 0.410 e. The second-order valence-electron chi connectivity index (χ2n) is 13.4. The number of hydrogen-bond donors (Lipinski definition) is 1. The Morgan fingerprint density at radius 1 is 1.06 bits per heavy atom. The Kier molecular flexibility index (Phi) is 10.1. The number of aliphatic hydroxyl groups excluding tert-OH is 1. The van der Waals surface area contributed by atoms with Gasteiger partial charge in [-0.05, 0) is 72.5 Å². The number of pyridine rings is 1. The topological polar surface area (TPSA) is 110 Å². The fraction of sp³-hybridized carbons (Fsp3) is 0.350. The summed E-state index contributed by atoms with van der Waals surface area (Å²) >= 11 is 1.57. The number of unbranched alkanes of at least 4 members (excludes halogenated alkanes) is 1. The number of thiophene rings is 1. The Morgan fingerprint density at radius 3 is 2.63 bits per heavy atom. The Hall–Kier alpha value is -5.07. The fourth-order valence-electron chi connectivity index (χ4n) is 7.26. The van der Waals surface area contributed by atoms with Crippen molar-refractivity contribution in [2.24, 2.45) is 0 Å². The third kappa shape index (κ3) is 6.56. The average molecular weight is 724 g/mol. The molecule has 0 bridgehead atoms. The van der Waals surface area contributed by atoms with Gasteiger partial charge >= 0.3 is 6.09 Å². The Labute approximate surface area is 306 Å². The Morgan fingerprint density at radius 2 is 1.88 bits per heavy atom. The van der Waals surface area contributed by atoms with Crippen LogP contribution in [0.2, 0.25) is 0 Å². The zero-order valence-corrected chi connectivity index (χ0v) is 30.3. The standard InChI is InChI=1S/C40H42FN5O5S/c1-4-6-18-51-39(49)45-15-11-26-20-27(7-8-28(26)23-45)36-32-12-19-52-38(32)35(31-10-9-30(41)21-33(31)50-3)37(43-36)29-22-42-46(24-29)40(25-47)13-16-44(17-14-40)34(48)5-2/h5,7-10,12,19-22,24,47H,2,4,6,11,13-18,23,25H2,1,3H3. The van der Waals surface area contributed by atoms with Gasteiger partial charge in [0.1, 0.15) is 11.6 Å². The number of fused-ring (bicyclic) bond motifs is 2. The van der Waals surface area contributed by atoms with Crippen LogP contribution in [0.15, 0.2) is 72.9 Å². The summed E-state index contributed by atoms with van der Waals surface area (Å²) in [6, 6.07) is 12.9. The normalized spacial score (nSPS) is 15.4. The van der Waals surface area contributed by atoms with Gasteiger partial charge in [0.2, 0.25) is 5.91 Å². The molecule has 2 aromatic carbocycles. The summed E-state index contributed by atoms with van der Waals surface area (Å²) < 4.78 is 28.4. The van der Waals surface area contributed by atoms with Crippen LogP contribution >= 0.6 is 11.3 Å². The van der Waals surface area contributed by atoms with Gasteiger partial charge in [0.15, 0.2) is 0 Å². The van der Waals surface area contributed by atoms with Crippen molar-refractivity contribution in [3.05, 3.63) is 89.8 Å². The highest BCUT2D eigenvalue weighted by molar-refractivity contribution is 7.18. The van der Waals surface area contributed by atoms with Gasteiger partial charge in [0.05, 0.1) is 43.4 Å². The molecule has 5 aromatic rings. The first-order valence-electron chi connectivity index (χ1n) is 17.7. The van der Waals surface area contributed by atoms with E-state index in [0.717, 1.165) is 56.4 Å². The van der Waals surface area contributed by atoms with E-state index in [9.17, 15) is 19.1 Å². The number of nitrogens with zero attached hydrogens (tertiary/aromatic N) is 5. The van der Waals surface area contributed by atoms with Crippen molar-refractivity contribution >= 4 is 33.4 Å². The van der Waals surface area contributed by atoms with Crippen LogP contribution in [0, 0.1) is 5.82 Å². The SMILES string of the molecule is C=CC(=O)N1CCC(CO)(n2cc(-c3nc(-c4ccc5c(c4)CCN(C(=O)OCCCC)C5)c4ccsc4c3-c3ccc(F)cc3OC)cn2)CC1. The van der Waals surface area contributed by atoms with Gasteiger partial charge in [-0.25, -0.2) is 14.2 Å². The maximum atomic E-state index is 14.5. The molecule has 12 heteroatoms. The molecule has 1 fully saturated rings. The summed E-state index contributed by atoms with van der Waals surface area (Å²) in [5, 5.41) is 18.5. The number of hydrogen-bond acceptors (Lipinski definition) is 8. The predicted molar refractivity (Wildman–Crippen MR) is 200 cm³/mol. The van der Waals surface area contributed by atoms with Crippen LogP contribution in [-0.4, -0.2) is 81.6 Å². The van der Waals surface area contributed by atoms with Crippen molar-refractivity contribution in [1.29, 1.82) is 0 Å². The molecule has 52 heavy (non-hydrogen) atoms. The minimum atomic E-state index is -0.700. The maximum absolute atomic E-state index is 14.5. The second kappa shape index (κ2) is 14.9. The minimum absolute atomic E-state index is 0.129. The van der Waals surface area contributed by atoms with E-state index in [1.807, 2.05) is 16.3 Å². The lowest BCUT2D eigenvalue weighted by molar-refractivity contribution is -0.128. The highest BCUT2D eigenvalue weighted by Crippen LogP contribution is 2.46. The summed E-state index contributed by atoms with van der Waals surface area (Å²) in [4.78, 5) is 33.9. The van der Waals surface area contributed by atoms with E-state index in [2.05, 4.69) is 37.8 Å². The molecule has 3 aromatic heterocycles. The van der Waals surface area contributed by atoms with Crippen LogP contribution in [-0.2, 0) is 28.0 Å². The van der Waals surface area contributed by atoms with Gasteiger partial charge in [-0.2, -0.15) is 5.10 Å². The first-order valence-corrected chi connectivity index (χ1v) is 18.5. The lowest BCUT2D eigenvalue weighted by atomic mass is 9.88. The zero-order valence-electron chi connectivity index (χ0n) is 29.4. The number of carbonyl (C=O) groups is 2. The summed E-state index contributed by atoms with van der Waals surface area (Å²) in [5.74, 6) is -0.151. The number of ether oxygens (including phenoxy) is 2. The van der Waals surface area contributed by atoms with Crippen molar-refractivity contribution in [3.63, 3.8) is 0 Å². The Balaban J connectivity index is 1.31. The second-order valence-corrected chi connectivity index (χ2v) is 14.3. The van der Waals surface area contributed by atoms with Gasteiger partial charge in [-0.15, -0.1) is 11.3 Å². The molecule has 0 unspecified atom stereocenters. The van der Waals surface area contributed by atoms with Crippen molar-refractivity contribution in [2.45, 2.75) is 51.1 Å². The van der Waals surface area contributed by atoms with Crippen LogP contribution in [0.5, 0.6) is 5.75 Å². The molecule has 1 saturated heterocycles. The van der Waals surface area contributed by atoms with Crippen LogP contribution in [0.3, 0.4) is 0 Å². The van der Waals surface area contributed by atoms with Crippen LogP contribution in [0.1, 0.15) is 43.7 Å². The molecule has 7 rings (SSSR count). The van der Waals surface area contributed by atoms with E-state index in [0.29, 0.717) is 69.1 Å². The molecule has 0 aliphatic carbocycles. The average Bonchev–Trinajstić information content (AvgIpc) is 3.88. The van der Waals surface area contributed by atoms with E-state index >= 15 is 0 Å². The molecule has 2 aliphatic heterocycles. The molecule has 2 amide bonds. The molecular weight excluding hydrogens is 682 g/mol. The molecule has 0 spiro atoms. The quantitative estimate of drug-likeness (QED) is 0.118. The number of amides is 2. The molecule has 10 nitrogen and oxygen atoms in total. The highest BCUT2D eigenvalue weighted by Gasteiger charge is 2.38. The number of piperidine rings is 1. The summed E-state index contributed by atoms with van der Waals surface area (Å²) in [6.07, 6.45) is 8.26. The van der Waals surface area contributed by atoms with E-state index in [1.54, 1.807) is 33.4 Å². The van der Waals surface area contributed by atoms with E-state index < -0.39 is 11.4 Å². The minimum Gasteiger partial charge on any atom is -0.496 e. The molecule has 0 atom stereocenters. The van der Waals surface area contributed by atoms with Crippen molar-refractivity contribution in [2.75, 3.05) is 40.0 Å². The number of benzene rings is 2. The van der Waals surface area contributed by atoms with Crippen LogP contribution in [0.4, 0.5) is 9.18 Å². The van der Waals surface area contributed by atoms with Gasteiger partial charge in [-0.3, -0.25) is 9.48 Å². The summed E-state index contributed by atoms with van der Waals surface area (Å²) in [7, 11) is 1.52. The molecule has 270 valence electrons. The third-order valence-corrected chi connectivity index (χ3v) is 11.3. The number of aliphatic hydroxyl groups is 1. The monoisotopic (exact) mass is 723 g/mol. The smallest absolute Gasteiger partial charge is 0.410 e. The van der Waals surface area contributed by atoms with Crippen molar-refractivity contribution < 1.29 is 28.6 Å². The van der Waals surface area contributed by atoms with E-state index in [4.69, 9.17) is 19.6 Å². The van der Waals surface area contributed by atoms with Gasteiger partial charge in [-0.1, -0.05) is 32.1 Å². The van der Waals surface area contributed by atoms with Crippen molar-refractivity contribution in [1.82, 2.24) is 24.6 Å². The molecule has 0 radical (unpaired) electrons. The van der Waals surface area contributed by atoms with Crippen LogP contribution < -0.4 is 4.74 Å². The molecular formula is C40H42FN5O5S. The van der Waals surface area contributed by atoms with E-state index in [-0.39, 0.29) is 18.6 Å². The number of likely N-dealkylation sites (tertiary alicyclic amines) is 1. The summed E-state index contributed by atoms with van der Waals surface area (Å²) in [5.41, 5.74) is 6.14. The predicted octanol–water partition coefficient (Wildman–Crippen LogP) is 7.43. The van der Waals surface area contributed by atoms with Crippen molar-refractivity contribution in [3.8, 4) is 39.4 Å². The van der Waals surface area contributed by atoms with Gasteiger partial charge in [0, 0.05) is 70.8 Å². The van der Waals surface area contributed by atoms with Crippen LogP contribution in [0.25, 0.3) is 43.7 Å². The van der Waals surface area contributed by atoms with Gasteiger partial charge in [0.25, 0.3) is 0 Å².